The second-order valence-corrected chi connectivity index (χ2v) is 10.1. The first-order valence-corrected chi connectivity index (χ1v) is 13.2. The third-order valence-corrected chi connectivity index (χ3v) is 7.16. The maximum absolute atomic E-state index is 13.0. The molecule has 5 nitrogen and oxygen atoms in total. The van der Waals surface area contributed by atoms with Crippen molar-refractivity contribution < 1.29 is 17.7 Å². The molecule has 0 spiro atoms. The zero-order valence-corrected chi connectivity index (χ0v) is 22.5. The third kappa shape index (κ3) is 5.64. The molecule has 0 saturated heterocycles. The number of nitrogens with zero attached hydrogens (tertiary/aromatic N) is 2. The molecule has 0 fully saturated rings. The van der Waals surface area contributed by atoms with Crippen molar-refractivity contribution in [3.05, 3.63) is 119 Å². The first-order valence-electron chi connectivity index (χ1n) is 13.2. The van der Waals surface area contributed by atoms with Gasteiger partial charge >= 0.3 is 6.18 Å². The highest BCUT2D eigenvalue weighted by atomic mass is 19.4. The van der Waals surface area contributed by atoms with Crippen LogP contribution in [0.1, 0.15) is 28.1 Å². The van der Waals surface area contributed by atoms with Gasteiger partial charge in [-0.05, 0) is 65.9 Å². The zero-order valence-electron chi connectivity index (χ0n) is 22.5. The smallest absolute Gasteiger partial charge is 0.361 e. The number of rotatable bonds is 7. The average Bonchev–Trinajstić information content (AvgIpc) is 3.55. The van der Waals surface area contributed by atoms with Gasteiger partial charge in [-0.2, -0.15) is 13.2 Å². The molecule has 6 aromatic rings. The van der Waals surface area contributed by atoms with Gasteiger partial charge in [-0.25, -0.2) is 4.98 Å². The summed E-state index contributed by atoms with van der Waals surface area (Å²) in [5.74, 6) is 1.35. The molecule has 2 aromatic heterocycles. The second kappa shape index (κ2) is 10.7. The standard InChI is InChI=1S/C33H27F3N4O/c1-20-31(21(2)41-40-20)27-5-3-4-23(16-27)19-37-18-22-6-8-24(9-7-22)25-10-12-26(13-11-25)32-38-29-15-14-28(33(34,35)36)17-30(29)39-32/h3-17,37H,18-19H2,1-2H3,(H,38,39). The van der Waals surface area contributed by atoms with Crippen LogP contribution in [0.2, 0.25) is 0 Å². The quantitative estimate of drug-likeness (QED) is 0.208. The number of aryl methyl sites for hydroxylation is 2. The van der Waals surface area contributed by atoms with E-state index >= 15 is 0 Å². The molecule has 8 heteroatoms. The van der Waals surface area contributed by atoms with Crippen molar-refractivity contribution in [2.75, 3.05) is 0 Å². The van der Waals surface area contributed by atoms with Crippen LogP contribution in [0.15, 0.2) is 95.5 Å². The molecule has 0 aliphatic rings. The summed E-state index contributed by atoms with van der Waals surface area (Å²) in [7, 11) is 0. The van der Waals surface area contributed by atoms with Gasteiger partial charge in [0.05, 0.1) is 22.3 Å². The number of hydrogen-bond acceptors (Lipinski definition) is 4. The minimum atomic E-state index is -4.39. The Hall–Kier alpha value is -4.69. The number of imidazole rings is 1. The second-order valence-electron chi connectivity index (χ2n) is 10.1. The molecule has 0 radical (unpaired) electrons. The molecule has 2 N–H and O–H groups in total. The number of halogens is 3. The predicted molar refractivity (Wildman–Crippen MR) is 154 cm³/mol. The zero-order chi connectivity index (χ0) is 28.6. The summed E-state index contributed by atoms with van der Waals surface area (Å²) in [5, 5.41) is 7.58. The number of hydrogen-bond donors (Lipinski definition) is 2. The Balaban J connectivity index is 1.09. The molecule has 0 atom stereocenters. The number of benzene rings is 4. The van der Waals surface area contributed by atoms with E-state index in [9.17, 15) is 13.2 Å². The van der Waals surface area contributed by atoms with E-state index in [4.69, 9.17) is 4.52 Å². The molecule has 206 valence electrons. The van der Waals surface area contributed by atoms with Crippen LogP contribution in [0, 0.1) is 13.8 Å². The van der Waals surface area contributed by atoms with Gasteiger partial charge in [0.1, 0.15) is 11.6 Å². The van der Waals surface area contributed by atoms with Crippen molar-refractivity contribution in [1.82, 2.24) is 20.4 Å². The summed E-state index contributed by atoms with van der Waals surface area (Å²) in [6.07, 6.45) is -4.39. The fraction of sp³-hybridized carbons (Fsp3) is 0.152. The lowest BCUT2D eigenvalue weighted by Crippen LogP contribution is -2.12. The highest BCUT2D eigenvalue weighted by molar-refractivity contribution is 5.80. The summed E-state index contributed by atoms with van der Waals surface area (Å²) < 4.78 is 44.5. The molecule has 0 bridgehead atoms. The third-order valence-electron chi connectivity index (χ3n) is 7.16. The lowest BCUT2D eigenvalue weighted by molar-refractivity contribution is -0.137. The fourth-order valence-corrected chi connectivity index (χ4v) is 5.04. The van der Waals surface area contributed by atoms with E-state index in [1.54, 1.807) is 0 Å². The predicted octanol–water partition coefficient (Wildman–Crippen LogP) is 8.48. The van der Waals surface area contributed by atoms with Crippen LogP contribution in [0.4, 0.5) is 13.2 Å². The number of H-pyrrole nitrogens is 1. The normalized spacial score (nSPS) is 11.8. The number of aromatic nitrogens is 3. The van der Waals surface area contributed by atoms with Crippen molar-refractivity contribution in [3.63, 3.8) is 0 Å². The van der Waals surface area contributed by atoms with E-state index in [1.807, 2.05) is 38.1 Å². The van der Waals surface area contributed by atoms with Crippen molar-refractivity contribution in [2.24, 2.45) is 0 Å². The molecule has 2 heterocycles. The van der Waals surface area contributed by atoms with Gasteiger partial charge in [0, 0.05) is 24.2 Å². The highest BCUT2D eigenvalue weighted by Crippen LogP contribution is 2.32. The lowest BCUT2D eigenvalue weighted by atomic mass is 10.0. The van der Waals surface area contributed by atoms with Gasteiger partial charge in [-0.3, -0.25) is 0 Å². The molecular formula is C33H27F3N4O. The molecule has 4 aromatic carbocycles. The Morgan fingerprint density at radius 1 is 0.756 bits per heavy atom. The number of aromatic amines is 1. The summed E-state index contributed by atoms with van der Waals surface area (Å²) in [5.41, 5.74) is 8.48. The number of alkyl halides is 3. The van der Waals surface area contributed by atoms with E-state index in [0.717, 1.165) is 64.5 Å². The summed E-state index contributed by atoms with van der Waals surface area (Å²) in [6, 6.07) is 28.1. The molecule has 0 aliphatic carbocycles. The largest absolute Gasteiger partial charge is 0.416 e. The van der Waals surface area contributed by atoms with Gasteiger partial charge in [0.15, 0.2) is 0 Å². The summed E-state index contributed by atoms with van der Waals surface area (Å²) >= 11 is 0. The van der Waals surface area contributed by atoms with Crippen molar-refractivity contribution in [1.29, 1.82) is 0 Å². The number of nitrogens with one attached hydrogen (secondary N) is 2. The van der Waals surface area contributed by atoms with Gasteiger partial charge in [0.25, 0.3) is 0 Å². The average molecular weight is 553 g/mol. The molecular weight excluding hydrogens is 525 g/mol. The van der Waals surface area contributed by atoms with E-state index in [-0.39, 0.29) is 0 Å². The first-order chi connectivity index (χ1) is 19.7. The fourth-order valence-electron chi connectivity index (χ4n) is 5.04. The van der Waals surface area contributed by atoms with Crippen LogP contribution in [-0.4, -0.2) is 15.1 Å². The maximum Gasteiger partial charge on any atom is 0.416 e. The van der Waals surface area contributed by atoms with E-state index in [0.29, 0.717) is 16.9 Å². The van der Waals surface area contributed by atoms with Gasteiger partial charge in [0.2, 0.25) is 0 Å². The first kappa shape index (κ1) is 26.5. The number of fused-ring (bicyclic) bond motifs is 1. The summed E-state index contributed by atoms with van der Waals surface area (Å²) in [6.45, 7) is 5.35. The Morgan fingerprint density at radius 3 is 2.12 bits per heavy atom. The van der Waals surface area contributed by atoms with Crippen molar-refractivity contribution in [2.45, 2.75) is 33.1 Å². The van der Waals surface area contributed by atoms with Gasteiger partial charge in [-0.1, -0.05) is 71.9 Å². The van der Waals surface area contributed by atoms with E-state index in [1.165, 1.54) is 17.2 Å². The topological polar surface area (TPSA) is 66.7 Å². The Labute approximate surface area is 235 Å². The maximum atomic E-state index is 13.0. The monoisotopic (exact) mass is 552 g/mol. The van der Waals surface area contributed by atoms with Gasteiger partial charge in [-0.15, -0.1) is 0 Å². The highest BCUT2D eigenvalue weighted by Gasteiger charge is 2.30. The minimum absolute atomic E-state index is 0.358. The van der Waals surface area contributed by atoms with Crippen LogP contribution < -0.4 is 5.32 Å². The van der Waals surface area contributed by atoms with Crippen LogP contribution in [-0.2, 0) is 19.3 Å². The van der Waals surface area contributed by atoms with E-state index < -0.39 is 11.7 Å². The molecule has 41 heavy (non-hydrogen) atoms. The summed E-state index contributed by atoms with van der Waals surface area (Å²) in [4.78, 5) is 7.47. The molecule has 0 saturated carbocycles. The lowest BCUT2D eigenvalue weighted by Gasteiger charge is -2.09. The van der Waals surface area contributed by atoms with Gasteiger partial charge < -0.3 is 14.8 Å². The van der Waals surface area contributed by atoms with Crippen molar-refractivity contribution >= 4 is 11.0 Å². The Morgan fingerprint density at radius 2 is 1.44 bits per heavy atom. The van der Waals surface area contributed by atoms with E-state index in [2.05, 4.69) is 69.0 Å². The van der Waals surface area contributed by atoms with Crippen LogP contribution >= 0.6 is 0 Å². The molecule has 0 unspecified atom stereocenters. The molecule has 6 rings (SSSR count). The van der Waals surface area contributed by atoms with Crippen LogP contribution in [0.3, 0.4) is 0 Å². The Bertz CT molecular complexity index is 1800. The minimum Gasteiger partial charge on any atom is -0.361 e. The SMILES string of the molecule is Cc1noc(C)c1-c1cccc(CNCc2ccc(-c3ccc(-c4nc5ccc(C(F)(F)F)cc5[nH]4)cc3)cc2)c1. The van der Waals surface area contributed by atoms with Crippen LogP contribution in [0.5, 0.6) is 0 Å². The van der Waals surface area contributed by atoms with Crippen molar-refractivity contribution in [3.8, 4) is 33.6 Å². The molecule has 0 amide bonds. The van der Waals surface area contributed by atoms with Crippen LogP contribution in [0.25, 0.3) is 44.7 Å². The molecule has 0 aliphatic heterocycles. The Kier molecular flexibility index (Phi) is 6.93.